The molecular weight excluding hydrogens is 470 g/mol. The molecular formula is C16H14N5O9S2. The molecule has 3 rings (SSSR count). The first kappa shape index (κ1) is 23.2. The van der Waals surface area contributed by atoms with Gasteiger partial charge in [-0.25, -0.2) is 10.4 Å². The van der Waals surface area contributed by atoms with E-state index in [1.807, 2.05) is 0 Å². The zero-order valence-corrected chi connectivity index (χ0v) is 17.3. The Morgan fingerprint density at radius 3 is 2.19 bits per heavy atom. The number of hydrogen-bond acceptors (Lipinski definition) is 9. The lowest BCUT2D eigenvalue weighted by atomic mass is 10.1. The van der Waals surface area contributed by atoms with Gasteiger partial charge in [-0.2, -0.15) is 27.1 Å². The van der Waals surface area contributed by atoms with Crippen molar-refractivity contribution >= 4 is 49.2 Å². The fourth-order valence-corrected chi connectivity index (χ4v) is 3.85. The zero-order chi connectivity index (χ0) is 23.8. The number of anilines is 1. The standard InChI is InChI=1S/C16H14N5O9S2/c17-8-1-6-12(32(28,29)30)11(7-8)18-19-13-14(16(23)24)20-21(15(13)22)9-2-4-10(5-3-9)31(25,26)27/h1-7,13-14,17,20H,(H,23,24)(H,25,26,27)(H,28,29,30). The summed E-state index contributed by atoms with van der Waals surface area (Å²) in [5.41, 5.74) is 9.29. The maximum Gasteiger partial charge on any atom is 0.325 e. The van der Waals surface area contributed by atoms with Crippen molar-refractivity contribution in [2.75, 3.05) is 5.01 Å². The third kappa shape index (κ3) is 4.73. The SMILES string of the molecule is [NH]c1ccc(S(=O)(=O)O)c(N=NC2C(=O)N(c3ccc(S(=O)(=O)O)cc3)NC2C(=O)O)c1. The third-order valence-corrected chi connectivity index (χ3v) is 6.01. The topological polar surface area (TPSA) is 227 Å². The molecule has 16 heteroatoms. The fourth-order valence-electron chi connectivity index (χ4n) is 2.76. The molecule has 32 heavy (non-hydrogen) atoms. The molecule has 0 spiro atoms. The van der Waals surface area contributed by atoms with Crippen LogP contribution in [0.4, 0.5) is 17.1 Å². The minimum absolute atomic E-state index is 0.0260. The van der Waals surface area contributed by atoms with Crippen LogP contribution in [-0.2, 0) is 29.8 Å². The number of hydrazine groups is 1. The van der Waals surface area contributed by atoms with E-state index in [4.69, 9.17) is 10.3 Å². The maximum atomic E-state index is 12.7. The molecule has 0 aliphatic carbocycles. The summed E-state index contributed by atoms with van der Waals surface area (Å²) in [5.74, 6) is -2.42. The van der Waals surface area contributed by atoms with Crippen molar-refractivity contribution in [1.82, 2.24) is 11.2 Å². The van der Waals surface area contributed by atoms with Gasteiger partial charge in [0, 0.05) is 0 Å². The molecule has 0 bridgehead atoms. The van der Waals surface area contributed by atoms with E-state index < -0.39 is 59.7 Å². The Balaban J connectivity index is 1.96. The second-order valence-electron chi connectivity index (χ2n) is 6.41. The van der Waals surface area contributed by atoms with Crippen molar-refractivity contribution in [1.29, 1.82) is 0 Å². The monoisotopic (exact) mass is 484 g/mol. The summed E-state index contributed by atoms with van der Waals surface area (Å²) in [5, 5.41) is 17.4. The van der Waals surface area contributed by atoms with Gasteiger partial charge in [-0.3, -0.25) is 18.7 Å². The number of hydrogen-bond donors (Lipinski definition) is 4. The van der Waals surface area contributed by atoms with Crippen molar-refractivity contribution < 1.29 is 40.6 Å². The summed E-state index contributed by atoms with van der Waals surface area (Å²) in [6, 6.07) is 3.87. The average Bonchev–Trinajstić information content (AvgIpc) is 3.01. The van der Waals surface area contributed by atoms with Gasteiger partial charge in [-0.15, -0.1) is 0 Å². The van der Waals surface area contributed by atoms with E-state index in [0.717, 1.165) is 47.5 Å². The van der Waals surface area contributed by atoms with Crippen LogP contribution in [0.25, 0.3) is 0 Å². The Morgan fingerprint density at radius 1 is 1.03 bits per heavy atom. The molecule has 1 amide bonds. The summed E-state index contributed by atoms with van der Waals surface area (Å²) in [4.78, 5) is 23.2. The van der Waals surface area contributed by atoms with Gasteiger partial charge in [0.05, 0.1) is 16.3 Å². The van der Waals surface area contributed by atoms with E-state index in [1.165, 1.54) is 0 Å². The van der Waals surface area contributed by atoms with Crippen LogP contribution in [0.1, 0.15) is 0 Å². The van der Waals surface area contributed by atoms with E-state index in [1.54, 1.807) is 0 Å². The van der Waals surface area contributed by atoms with Crippen molar-refractivity contribution in [2.24, 2.45) is 10.2 Å². The lowest BCUT2D eigenvalue weighted by Gasteiger charge is -2.16. The zero-order valence-electron chi connectivity index (χ0n) is 15.6. The van der Waals surface area contributed by atoms with E-state index in [0.29, 0.717) is 0 Å². The van der Waals surface area contributed by atoms with Gasteiger partial charge in [-0.1, -0.05) is 0 Å². The number of carbonyl (C=O) groups is 2. The van der Waals surface area contributed by atoms with Crippen LogP contribution in [0.5, 0.6) is 0 Å². The first-order valence-electron chi connectivity index (χ1n) is 8.43. The minimum Gasteiger partial charge on any atom is -0.480 e. The van der Waals surface area contributed by atoms with E-state index in [2.05, 4.69) is 15.7 Å². The Kier molecular flexibility index (Phi) is 5.98. The summed E-state index contributed by atoms with van der Waals surface area (Å²) in [6.07, 6.45) is 0. The Morgan fingerprint density at radius 2 is 1.66 bits per heavy atom. The molecule has 1 radical (unpaired) electrons. The summed E-state index contributed by atoms with van der Waals surface area (Å²) in [6.45, 7) is 0. The van der Waals surface area contributed by atoms with Crippen LogP contribution in [-0.4, -0.2) is 55.0 Å². The molecule has 2 unspecified atom stereocenters. The van der Waals surface area contributed by atoms with Crippen molar-refractivity contribution in [3.8, 4) is 0 Å². The quantitative estimate of drug-likeness (QED) is 0.329. The highest BCUT2D eigenvalue weighted by atomic mass is 32.2. The van der Waals surface area contributed by atoms with Gasteiger partial charge in [0.1, 0.15) is 10.6 Å². The summed E-state index contributed by atoms with van der Waals surface area (Å²) >= 11 is 0. The number of nitrogens with one attached hydrogen (secondary N) is 2. The molecule has 1 aliphatic rings. The number of benzene rings is 2. The number of aliphatic carboxylic acids is 1. The smallest absolute Gasteiger partial charge is 0.325 e. The first-order chi connectivity index (χ1) is 14.8. The van der Waals surface area contributed by atoms with Crippen LogP contribution in [0.3, 0.4) is 0 Å². The number of carboxylic acid groups (broad SMARTS) is 1. The molecule has 2 aromatic carbocycles. The van der Waals surface area contributed by atoms with Gasteiger partial charge >= 0.3 is 5.97 Å². The molecule has 169 valence electrons. The van der Waals surface area contributed by atoms with Crippen molar-refractivity contribution in [2.45, 2.75) is 21.9 Å². The molecule has 1 aliphatic heterocycles. The third-order valence-electron chi connectivity index (χ3n) is 4.24. The number of rotatable bonds is 6. The number of azo groups is 1. The number of carboxylic acids is 1. The second kappa shape index (κ2) is 8.24. The Bertz CT molecular complexity index is 1320. The van der Waals surface area contributed by atoms with Crippen molar-refractivity contribution in [3.63, 3.8) is 0 Å². The van der Waals surface area contributed by atoms with Gasteiger partial charge in [0.2, 0.25) is 0 Å². The summed E-state index contributed by atoms with van der Waals surface area (Å²) < 4.78 is 63.6. The van der Waals surface area contributed by atoms with Crippen LogP contribution < -0.4 is 16.2 Å². The average molecular weight is 484 g/mol. The number of nitrogens with zero attached hydrogens (tertiary/aromatic N) is 3. The van der Waals surface area contributed by atoms with Gasteiger partial charge in [0.25, 0.3) is 26.1 Å². The van der Waals surface area contributed by atoms with Crippen molar-refractivity contribution in [3.05, 3.63) is 42.5 Å². The van der Waals surface area contributed by atoms with E-state index in [-0.39, 0.29) is 11.4 Å². The molecule has 2 atom stereocenters. The first-order valence-corrected chi connectivity index (χ1v) is 11.3. The molecule has 0 aromatic heterocycles. The van der Waals surface area contributed by atoms with Crippen LogP contribution in [0.15, 0.2) is 62.5 Å². The lowest BCUT2D eigenvalue weighted by molar-refractivity contribution is -0.140. The van der Waals surface area contributed by atoms with Gasteiger partial charge in [-0.05, 0) is 42.5 Å². The molecule has 5 N–H and O–H groups in total. The minimum atomic E-state index is -4.74. The molecule has 2 aromatic rings. The second-order valence-corrected chi connectivity index (χ2v) is 9.22. The van der Waals surface area contributed by atoms with E-state index >= 15 is 0 Å². The highest BCUT2D eigenvalue weighted by molar-refractivity contribution is 7.86. The molecule has 1 heterocycles. The molecule has 0 saturated carbocycles. The predicted molar refractivity (Wildman–Crippen MR) is 106 cm³/mol. The highest BCUT2D eigenvalue weighted by Crippen LogP contribution is 2.29. The largest absolute Gasteiger partial charge is 0.480 e. The van der Waals surface area contributed by atoms with Gasteiger partial charge in [0.15, 0.2) is 12.1 Å². The molecule has 1 saturated heterocycles. The number of amides is 1. The maximum absolute atomic E-state index is 12.7. The Labute approximate surface area is 180 Å². The number of carbonyl (C=O) groups excluding carboxylic acids is 1. The molecule has 1 fully saturated rings. The fraction of sp³-hybridized carbons (Fsp3) is 0.125. The molecule has 14 nitrogen and oxygen atoms in total. The van der Waals surface area contributed by atoms with Gasteiger partial charge < -0.3 is 10.8 Å². The van der Waals surface area contributed by atoms with Crippen LogP contribution in [0.2, 0.25) is 0 Å². The predicted octanol–water partition coefficient (Wildman–Crippen LogP) is 0.551. The Hall–Kier alpha value is -3.44. The normalized spacial score (nSPS) is 19.6. The van der Waals surface area contributed by atoms with Crippen LogP contribution >= 0.6 is 0 Å². The summed E-state index contributed by atoms with van der Waals surface area (Å²) in [7, 11) is -9.23. The van der Waals surface area contributed by atoms with E-state index in [9.17, 15) is 36.1 Å². The highest BCUT2D eigenvalue weighted by Gasteiger charge is 2.45. The van der Waals surface area contributed by atoms with Crippen LogP contribution in [0, 0.1) is 0 Å². The lowest BCUT2D eigenvalue weighted by Crippen LogP contribution is -2.42.